The van der Waals surface area contributed by atoms with Crippen molar-refractivity contribution in [1.82, 2.24) is 5.32 Å². The molecule has 3 atom stereocenters. The van der Waals surface area contributed by atoms with E-state index in [1.807, 2.05) is 0 Å². The van der Waals surface area contributed by atoms with Crippen molar-refractivity contribution in [1.29, 1.82) is 0 Å². The minimum absolute atomic E-state index is 0.745. The van der Waals surface area contributed by atoms with E-state index in [2.05, 4.69) is 52.1 Å². The van der Waals surface area contributed by atoms with E-state index in [1.165, 1.54) is 42.5 Å². The molecule has 1 aliphatic carbocycles. The van der Waals surface area contributed by atoms with Gasteiger partial charge >= 0.3 is 0 Å². The van der Waals surface area contributed by atoms with Gasteiger partial charge in [0.2, 0.25) is 0 Å². The first-order valence-corrected chi connectivity index (χ1v) is 7.89. The van der Waals surface area contributed by atoms with Gasteiger partial charge in [0.15, 0.2) is 0 Å². The first-order chi connectivity index (χ1) is 9.08. The number of aryl methyl sites for hydroxylation is 3. The lowest BCUT2D eigenvalue weighted by Crippen LogP contribution is -2.49. The highest BCUT2D eigenvalue weighted by atomic mass is 14.9. The van der Waals surface area contributed by atoms with E-state index < -0.39 is 0 Å². The van der Waals surface area contributed by atoms with Gasteiger partial charge in [0.05, 0.1) is 0 Å². The summed E-state index contributed by atoms with van der Waals surface area (Å²) in [7, 11) is 0. The van der Waals surface area contributed by atoms with Gasteiger partial charge in [-0.3, -0.25) is 0 Å². The van der Waals surface area contributed by atoms with Crippen molar-refractivity contribution in [2.24, 2.45) is 5.92 Å². The third-order valence-electron chi connectivity index (χ3n) is 4.78. The van der Waals surface area contributed by atoms with Gasteiger partial charge in [0, 0.05) is 6.04 Å². The molecule has 106 valence electrons. The van der Waals surface area contributed by atoms with Crippen molar-refractivity contribution in [3.05, 3.63) is 34.4 Å². The Labute approximate surface area is 118 Å². The minimum atomic E-state index is 0.745. The highest BCUT2D eigenvalue weighted by Crippen LogP contribution is 2.46. The lowest BCUT2D eigenvalue weighted by Gasteiger charge is -2.46. The van der Waals surface area contributed by atoms with Crippen molar-refractivity contribution in [2.75, 3.05) is 6.54 Å². The first kappa shape index (κ1) is 14.6. The summed E-state index contributed by atoms with van der Waals surface area (Å²) in [4.78, 5) is 0. The van der Waals surface area contributed by atoms with Gasteiger partial charge in [-0.05, 0) is 68.7 Å². The summed E-state index contributed by atoms with van der Waals surface area (Å²) < 4.78 is 0. The van der Waals surface area contributed by atoms with Crippen LogP contribution in [0.3, 0.4) is 0 Å². The average Bonchev–Trinajstić information content (AvgIpc) is 2.31. The highest BCUT2D eigenvalue weighted by Gasteiger charge is 2.41. The number of hydrogen-bond donors (Lipinski definition) is 1. The molecule has 0 heterocycles. The van der Waals surface area contributed by atoms with Crippen LogP contribution in [0.4, 0.5) is 0 Å². The Morgan fingerprint density at radius 2 is 1.74 bits per heavy atom. The predicted molar refractivity (Wildman–Crippen MR) is 83.9 cm³/mol. The van der Waals surface area contributed by atoms with Gasteiger partial charge in [-0.1, -0.05) is 38.0 Å². The minimum Gasteiger partial charge on any atom is -0.314 e. The first-order valence-electron chi connectivity index (χ1n) is 7.89. The predicted octanol–water partition coefficient (Wildman–Crippen LogP) is 4.49. The van der Waals surface area contributed by atoms with Gasteiger partial charge in [-0.2, -0.15) is 0 Å². The molecule has 1 aliphatic rings. The Morgan fingerprint density at radius 3 is 2.26 bits per heavy atom. The molecule has 1 aromatic rings. The van der Waals surface area contributed by atoms with Crippen LogP contribution in [-0.2, 0) is 0 Å². The van der Waals surface area contributed by atoms with E-state index in [9.17, 15) is 0 Å². The van der Waals surface area contributed by atoms with Crippen molar-refractivity contribution >= 4 is 0 Å². The zero-order chi connectivity index (χ0) is 14.0. The number of nitrogens with one attached hydrogen (secondary N) is 1. The summed E-state index contributed by atoms with van der Waals surface area (Å²) in [5, 5.41) is 3.72. The third-order valence-corrected chi connectivity index (χ3v) is 4.78. The molecule has 0 aromatic heterocycles. The monoisotopic (exact) mass is 259 g/mol. The molecule has 0 bridgehead atoms. The fraction of sp³-hybridized carbons (Fsp3) is 0.667. The fourth-order valence-electron chi connectivity index (χ4n) is 3.95. The molecule has 1 aromatic carbocycles. The van der Waals surface area contributed by atoms with Crippen LogP contribution >= 0.6 is 0 Å². The third kappa shape index (κ3) is 2.86. The molecule has 2 rings (SSSR count). The molecule has 3 unspecified atom stereocenters. The Morgan fingerprint density at radius 1 is 1.11 bits per heavy atom. The van der Waals surface area contributed by atoms with Gasteiger partial charge in [-0.15, -0.1) is 0 Å². The standard InChI is InChI=1S/C18H29N/c1-6-8-19-17-11-16(15(17)7-2)18-13(4)9-12(3)10-14(18)5/h9-10,15-17,19H,6-8,11H2,1-5H3. The van der Waals surface area contributed by atoms with E-state index >= 15 is 0 Å². The normalized spacial score (nSPS) is 26.3. The summed E-state index contributed by atoms with van der Waals surface area (Å²) in [6.45, 7) is 12.5. The van der Waals surface area contributed by atoms with Crippen LogP contribution in [0.2, 0.25) is 0 Å². The molecule has 0 radical (unpaired) electrons. The maximum absolute atomic E-state index is 3.72. The molecule has 0 aliphatic heterocycles. The molecule has 1 fully saturated rings. The largest absolute Gasteiger partial charge is 0.314 e. The maximum atomic E-state index is 3.72. The van der Waals surface area contributed by atoms with Crippen LogP contribution in [0.5, 0.6) is 0 Å². The molecule has 1 saturated carbocycles. The van der Waals surface area contributed by atoms with Gasteiger partial charge in [0.1, 0.15) is 0 Å². The van der Waals surface area contributed by atoms with E-state index in [1.54, 1.807) is 5.56 Å². The zero-order valence-electron chi connectivity index (χ0n) is 13.2. The quantitative estimate of drug-likeness (QED) is 0.821. The van der Waals surface area contributed by atoms with Crippen molar-refractivity contribution in [3.63, 3.8) is 0 Å². The zero-order valence-corrected chi connectivity index (χ0v) is 13.2. The van der Waals surface area contributed by atoms with Crippen LogP contribution in [-0.4, -0.2) is 12.6 Å². The van der Waals surface area contributed by atoms with Crippen LogP contribution in [0.25, 0.3) is 0 Å². The second-order valence-electron chi connectivity index (χ2n) is 6.29. The lowest BCUT2D eigenvalue weighted by molar-refractivity contribution is 0.160. The van der Waals surface area contributed by atoms with E-state index in [0.29, 0.717) is 0 Å². The Hall–Kier alpha value is -0.820. The van der Waals surface area contributed by atoms with Crippen LogP contribution in [0.15, 0.2) is 12.1 Å². The van der Waals surface area contributed by atoms with Gasteiger partial charge < -0.3 is 5.32 Å². The second-order valence-corrected chi connectivity index (χ2v) is 6.29. The van der Waals surface area contributed by atoms with Crippen LogP contribution in [0.1, 0.15) is 61.3 Å². The Balaban J connectivity index is 2.16. The second kappa shape index (κ2) is 6.09. The van der Waals surface area contributed by atoms with Crippen molar-refractivity contribution in [2.45, 2.75) is 65.8 Å². The van der Waals surface area contributed by atoms with E-state index in [4.69, 9.17) is 0 Å². The molecule has 1 N–H and O–H groups in total. The summed E-state index contributed by atoms with van der Waals surface area (Å²) >= 11 is 0. The van der Waals surface area contributed by atoms with Gasteiger partial charge in [0.25, 0.3) is 0 Å². The number of hydrogen-bond acceptors (Lipinski definition) is 1. The van der Waals surface area contributed by atoms with Crippen LogP contribution in [0, 0.1) is 26.7 Å². The average molecular weight is 259 g/mol. The summed E-state index contributed by atoms with van der Waals surface area (Å²) in [6, 6.07) is 5.44. The maximum Gasteiger partial charge on any atom is 0.0107 e. The summed E-state index contributed by atoms with van der Waals surface area (Å²) in [5.41, 5.74) is 6.02. The number of benzene rings is 1. The molecule has 19 heavy (non-hydrogen) atoms. The van der Waals surface area contributed by atoms with Crippen LogP contribution < -0.4 is 5.32 Å². The molecular weight excluding hydrogens is 230 g/mol. The van der Waals surface area contributed by atoms with Crippen molar-refractivity contribution < 1.29 is 0 Å². The van der Waals surface area contributed by atoms with Gasteiger partial charge in [-0.25, -0.2) is 0 Å². The summed E-state index contributed by atoms with van der Waals surface area (Å²) in [6.07, 6.45) is 3.85. The topological polar surface area (TPSA) is 12.0 Å². The Kier molecular flexibility index (Phi) is 4.67. The highest BCUT2D eigenvalue weighted by molar-refractivity contribution is 5.42. The van der Waals surface area contributed by atoms with E-state index in [0.717, 1.165) is 17.9 Å². The SMILES string of the molecule is CCCNC1CC(c2c(C)cc(C)cc2C)C1CC. The van der Waals surface area contributed by atoms with Crippen molar-refractivity contribution in [3.8, 4) is 0 Å². The molecule has 0 saturated heterocycles. The lowest BCUT2D eigenvalue weighted by atomic mass is 9.63. The fourth-order valence-corrected chi connectivity index (χ4v) is 3.95. The molecule has 1 heteroatoms. The molecule has 0 amide bonds. The Bertz CT molecular complexity index is 412. The smallest absolute Gasteiger partial charge is 0.0107 e. The molecule has 0 spiro atoms. The van der Waals surface area contributed by atoms with E-state index in [-0.39, 0.29) is 0 Å². The molecule has 1 nitrogen and oxygen atoms in total. The number of rotatable bonds is 5. The molecular formula is C18H29N. The summed E-state index contributed by atoms with van der Waals surface area (Å²) in [5.74, 6) is 1.60.